The van der Waals surface area contributed by atoms with Gasteiger partial charge in [-0.25, -0.2) is 9.36 Å². The molecule has 6 heteroatoms. The molecule has 0 spiro atoms. The maximum Gasteiger partial charge on any atom is 0.326 e. The quantitative estimate of drug-likeness (QED) is 0.473. The first-order chi connectivity index (χ1) is 5.52. The third kappa shape index (κ3) is 1.22. The fourth-order valence-corrected chi connectivity index (χ4v) is 0.685. The summed E-state index contributed by atoms with van der Waals surface area (Å²) in [5, 5.41) is 17.6. The molecule has 1 rings (SSSR count). The van der Waals surface area contributed by atoms with E-state index in [4.69, 9.17) is 15.9 Å². The molecule has 0 bridgehead atoms. The maximum absolute atomic E-state index is 10.8. The van der Waals surface area contributed by atoms with Crippen LogP contribution in [0.15, 0.2) is 17.1 Å². The van der Waals surface area contributed by atoms with Gasteiger partial charge in [-0.1, -0.05) is 0 Å². The summed E-state index contributed by atoms with van der Waals surface area (Å²) in [7, 11) is 0. The lowest BCUT2D eigenvalue weighted by Crippen LogP contribution is -2.30. The van der Waals surface area contributed by atoms with E-state index in [1.165, 1.54) is 0 Å². The Hall–Kier alpha value is -1.98. The van der Waals surface area contributed by atoms with E-state index < -0.39 is 23.1 Å². The third-order valence-electron chi connectivity index (χ3n) is 1.25. The summed E-state index contributed by atoms with van der Waals surface area (Å²) in [5.74, 6) is -1.16. The van der Waals surface area contributed by atoms with Crippen molar-refractivity contribution < 1.29 is 15.0 Å². The Kier molecular flexibility index (Phi) is 1.74. The molecule has 1 aromatic rings. The van der Waals surface area contributed by atoms with Crippen LogP contribution in [0, 0.1) is 0 Å². The summed E-state index contributed by atoms with van der Waals surface area (Å²) in [6, 6.07) is -0.324. The largest absolute Gasteiger partial charge is 0.504 e. The number of pyridine rings is 1. The average Bonchev–Trinajstić information content (AvgIpc) is 1.96. The number of carbonyl (C=O) groups excluding carboxylic acids is 1. The highest BCUT2D eigenvalue weighted by Gasteiger charge is 2.06. The lowest BCUT2D eigenvalue weighted by molar-refractivity contribution is 0.249. The van der Waals surface area contributed by atoms with Crippen molar-refractivity contribution in [2.24, 2.45) is 5.73 Å². The van der Waals surface area contributed by atoms with Crippen molar-refractivity contribution in [3.05, 3.63) is 22.6 Å². The normalized spacial score (nSPS) is 9.67. The van der Waals surface area contributed by atoms with Crippen LogP contribution >= 0.6 is 0 Å². The molecular formula is C6H6N2O4. The first-order valence-electron chi connectivity index (χ1n) is 2.97. The van der Waals surface area contributed by atoms with Crippen LogP contribution in [-0.4, -0.2) is 20.8 Å². The van der Waals surface area contributed by atoms with Gasteiger partial charge in [-0.05, 0) is 0 Å². The summed E-state index contributed by atoms with van der Waals surface area (Å²) in [4.78, 5) is 21.3. The summed E-state index contributed by atoms with van der Waals surface area (Å²) in [5.41, 5.74) is 3.97. The molecule has 1 aromatic heterocycles. The minimum Gasteiger partial charge on any atom is -0.504 e. The van der Waals surface area contributed by atoms with Crippen LogP contribution in [0.3, 0.4) is 0 Å². The lowest BCUT2D eigenvalue weighted by Gasteiger charge is -2.00. The van der Waals surface area contributed by atoms with E-state index in [9.17, 15) is 9.59 Å². The number of rotatable bonds is 0. The van der Waals surface area contributed by atoms with Crippen LogP contribution < -0.4 is 11.3 Å². The monoisotopic (exact) mass is 170 g/mol. The molecule has 0 aliphatic carbocycles. The molecule has 0 aliphatic heterocycles. The van der Waals surface area contributed by atoms with Crippen molar-refractivity contribution in [2.45, 2.75) is 0 Å². The number of aromatic nitrogens is 1. The molecule has 6 nitrogen and oxygen atoms in total. The maximum atomic E-state index is 10.8. The Morgan fingerprint density at radius 1 is 1.42 bits per heavy atom. The fourth-order valence-electron chi connectivity index (χ4n) is 0.685. The van der Waals surface area contributed by atoms with Crippen molar-refractivity contribution in [2.75, 3.05) is 0 Å². The average molecular weight is 170 g/mol. The lowest BCUT2D eigenvalue weighted by atomic mass is 10.4. The molecule has 1 amide bonds. The number of hydrogen-bond donors (Lipinski definition) is 3. The Morgan fingerprint density at radius 2 is 2.00 bits per heavy atom. The predicted octanol–water partition coefficient (Wildman–Crippen LogP) is -0.814. The van der Waals surface area contributed by atoms with E-state index in [0.717, 1.165) is 6.20 Å². The molecular weight excluding hydrogens is 164 g/mol. The minimum atomic E-state index is -1.02. The molecule has 64 valence electrons. The number of nitrogens with zero attached hydrogens (tertiary/aromatic N) is 1. The number of amides is 1. The van der Waals surface area contributed by atoms with Gasteiger partial charge in [0.15, 0.2) is 11.5 Å². The molecule has 0 aromatic carbocycles. The highest BCUT2D eigenvalue weighted by atomic mass is 16.3. The Bertz CT molecular complexity index is 382. The zero-order valence-corrected chi connectivity index (χ0v) is 5.89. The number of carbonyl (C=O) groups is 1. The molecule has 0 radical (unpaired) electrons. The second-order valence-electron chi connectivity index (χ2n) is 2.09. The molecule has 0 saturated heterocycles. The van der Waals surface area contributed by atoms with Crippen molar-refractivity contribution in [3.63, 3.8) is 0 Å². The van der Waals surface area contributed by atoms with Gasteiger partial charge in [-0.15, -0.1) is 0 Å². The van der Waals surface area contributed by atoms with Crippen molar-refractivity contribution in [1.29, 1.82) is 0 Å². The molecule has 0 unspecified atom stereocenters. The Morgan fingerprint density at radius 3 is 2.50 bits per heavy atom. The SMILES string of the molecule is NC(=O)n1cc(O)c(O)cc1=O. The molecule has 1 heterocycles. The van der Waals surface area contributed by atoms with Gasteiger partial charge in [0.2, 0.25) is 0 Å². The summed E-state index contributed by atoms with van der Waals surface area (Å²) in [6.45, 7) is 0. The summed E-state index contributed by atoms with van der Waals surface area (Å²) in [6.07, 6.45) is 0.750. The van der Waals surface area contributed by atoms with Crippen molar-refractivity contribution in [3.8, 4) is 11.5 Å². The van der Waals surface area contributed by atoms with Crippen LogP contribution in [0.4, 0.5) is 4.79 Å². The zero-order chi connectivity index (χ0) is 9.30. The van der Waals surface area contributed by atoms with Crippen LogP contribution in [0.5, 0.6) is 11.5 Å². The Labute approximate surface area is 66.5 Å². The summed E-state index contributed by atoms with van der Waals surface area (Å²) >= 11 is 0. The van der Waals surface area contributed by atoms with Crippen molar-refractivity contribution in [1.82, 2.24) is 4.57 Å². The van der Waals surface area contributed by atoms with Gasteiger partial charge in [0, 0.05) is 6.07 Å². The topological polar surface area (TPSA) is 106 Å². The van der Waals surface area contributed by atoms with E-state index >= 15 is 0 Å². The van der Waals surface area contributed by atoms with Crippen LogP contribution in [0.2, 0.25) is 0 Å². The van der Waals surface area contributed by atoms with E-state index in [0.29, 0.717) is 10.6 Å². The number of nitrogens with two attached hydrogens (primary N) is 1. The molecule has 0 atom stereocenters. The van der Waals surface area contributed by atoms with Crippen molar-refractivity contribution >= 4 is 6.03 Å². The second kappa shape index (κ2) is 2.57. The fraction of sp³-hybridized carbons (Fsp3) is 0. The number of hydrogen-bond acceptors (Lipinski definition) is 4. The van der Waals surface area contributed by atoms with Crippen LogP contribution in [0.25, 0.3) is 0 Å². The van der Waals surface area contributed by atoms with E-state index in [2.05, 4.69) is 0 Å². The number of primary amides is 1. The van der Waals surface area contributed by atoms with E-state index in [-0.39, 0.29) is 0 Å². The smallest absolute Gasteiger partial charge is 0.326 e. The minimum absolute atomic E-state index is 0.481. The highest BCUT2D eigenvalue weighted by molar-refractivity contribution is 5.75. The Balaban J connectivity index is 3.43. The second-order valence-corrected chi connectivity index (χ2v) is 2.09. The van der Waals surface area contributed by atoms with Gasteiger partial charge in [0.25, 0.3) is 5.56 Å². The van der Waals surface area contributed by atoms with Gasteiger partial charge >= 0.3 is 6.03 Å². The van der Waals surface area contributed by atoms with Gasteiger partial charge in [0.05, 0.1) is 6.20 Å². The van der Waals surface area contributed by atoms with Gasteiger partial charge < -0.3 is 15.9 Å². The van der Waals surface area contributed by atoms with Gasteiger partial charge in [-0.2, -0.15) is 0 Å². The zero-order valence-electron chi connectivity index (χ0n) is 5.89. The van der Waals surface area contributed by atoms with Gasteiger partial charge in [0.1, 0.15) is 0 Å². The van der Waals surface area contributed by atoms with Crippen LogP contribution in [0.1, 0.15) is 0 Å². The highest BCUT2D eigenvalue weighted by Crippen LogP contribution is 2.19. The van der Waals surface area contributed by atoms with Gasteiger partial charge in [-0.3, -0.25) is 4.79 Å². The van der Waals surface area contributed by atoms with E-state index in [1.54, 1.807) is 0 Å². The third-order valence-corrected chi connectivity index (χ3v) is 1.25. The molecule has 12 heavy (non-hydrogen) atoms. The summed E-state index contributed by atoms with van der Waals surface area (Å²) < 4.78 is 0.481. The molecule has 0 fully saturated rings. The molecule has 0 saturated carbocycles. The van der Waals surface area contributed by atoms with E-state index in [1.807, 2.05) is 0 Å². The predicted molar refractivity (Wildman–Crippen MR) is 39.0 cm³/mol. The first-order valence-corrected chi connectivity index (χ1v) is 2.97. The standard InChI is InChI=1S/C6H6N2O4/c7-6(12)8-2-4(10)3(9)1-5(8)11/h1-2,9-10H,(H2,7,12). The molecule has 4 N–H and O–H groups in total. The van der Waals surface area contributed by atoms with Crippen LogP contribution in [-0.2, 0) is 0 Å². The molecule has 0 aliphatic rings. The number of aromatic hydroxyl groups is 2. The first kappa shape index (κ1) is 8.12.